The van der Waals surface area contributed by atoms with E-state index >= 15 is 0 Å². The van der Waals surface area contributed by atoms with E-state index in [0.29, 0.717) is 29.2 Å². The highest BCUT2D eigenvalue weighted by atomic mass is 32.1. The largest absolute Gasteiger partial charge is 0.512 e. The number of thiophene rings is 1. The highest BCUT2D eigenvalue weighted by molar-refractivity contribution is 7.26. The van der Waals surface area contributed by atoms with Gasteiger partial charge < -0.3 is 29.0 Å². The van der Waals surface area contributed by atoms with E-state index in [2.05, 4.69) is 14.8 Å². The van der Waals surface area contributed by atoms with Crippen LogP contribution in [-0.2, 0) is 19.8 Å². The lowest BCUT2D eigenvalue weighted by molar-refractivity contribution is 0.141. The maximum atomic E-state index is 12.2. The summed E-state index contributed by atoms with van der Waals surface area (Å²) in [5.41, 5.74) is 6.22. The molecule has 0 aliphatic heterocycles. The van der Waals surface area contributed by atoms with Gasteiger partial charge in [0.25, 0.3) is 0 Å². The van der Waals surface area contributed by atoms with Gasteiger partial charge >= 0.3 is 6.16 Å². The summed E-state index contributed by atoms with van der Waals surface area (Å²) in [5.74, 6) is 1.25. The number of nitrogens with zero attached hydrogens (tertiary/aromatic N) is 3. The zero-order valence-corrected chi connectivity index (χ0v) is 25.0. The second kappa shape index (κ2) is 11.6. The molecule has 0 aliphatic carbocycles. The molecule has 7 aromatic rings. The summed E-state index contributed by atoms with van der Waals surface area (Å²) in [6.07, 6.45) is -1.42. The second-order valence-electron chi connectivity index (χ2n) is 10.1. The molecule has 2 N–H and O–H groups in total. The Hall–Kier alpha value is -4.97. The van der Waals surface area contributed by atoms with Crippen molar-refractivity contribution in [1.82, 2.24) is 13.3 Å². The third-order valence-corrected chi connectivity index (χ3v) is 9.23. The first kappa shape index (κ1) is 27.8. The molecule has 0 unspecified atom stereocenters. The van der Waals surface area contributed by atoms with Crippen molar-refractivity contribution in [3.05, 3.63) is 102 Å². The summed E-state index contributed by atoms with van der Waals surface area (Å²) in [6.45, 7) is 0.405. The average Bonchev–Trinajstić information content (AvgIpc) is 3.73. The fourth-order valence-electron chi connectivity index (χ4n) is 5.45. The van der Waals surface area contributed by atoms with Crippen LogP contribution in [0.3, 0.4) is 0 Å². The summed E-state index contributed by atoms with van der Waals surface area (Å²) in [4.78, 5) is 12.2. The van der Waals surface area contributed by atoms with Crippen LogP contribution in [0, 0.1) is 0 Å². The Bertz CT molecular complexity index is 2170. The van der Waals surface area contributed by atoms with Crippen molar-refractivity contribution in [3.8, 4) is 28.5 Å². The predicted molar refractivity (Wildman–Crippen MR) is 171 cm³/mol. The van der Waals surface area contributed by atoms with Gasteiger partial charge in [0, 0.05) is 21.7 Å². The minimum atomic E-state index is -1.42. The number of aliphatic hydroxyl groups is 1. The molecule has 3 aromatic heterocycles. The number of methoxy groups -OCH3 is 1. The van der Waals surface area contributed by atoms with Gasteiger partial charge in [-0.25, -0.2) is 4.79 Å². The Morgan fingerprint density at radius 2 is 1.73 bits per heavy atom. The van der Waals surface area contributed by atoms with E-state index in [0.717, 1.165) is 59.8 Å². The number of ether oxygens (including phenoxy) is 3. The van der Waals surface area contributed by atoms with Crippen molar-refractivity contribution in [2.75, 3.05) is 7.11 Å². The van der Waals surface area contributed by atoms with Crippen LogP contribution in [0.4, 0.5) is 4.79 Å². The van der Waals surface area contributed by atoms with E-state index in [1.807, 2.05) is 77.4 Å². The van der Waals surface area contributed by atoms with Crippen LogP contribution in [-0.4, -0.2) is 36.8 Å². The minimum absolute atomic E-state index is 0.116. The number of benzene rings is 4. The van der Waals surface area contributed by atoms with Crippen LogP contribution in [0.5, 0.6) is 17.4 Å². The summed E-state index contributed by atoms with van der Waals surface area (Å²) >= 11 is 2.72. The Morgan fingerprint density at radius 1 is 0.932 bits per heavy atom. The summed E-state index contributed by atoms with van der Waals surface area (Å²) in [6, 6.07) is 26.8. The van der Waals surface area contributed by atoms with Crippen molar-refractivity contribution in [2.24, 2.45) is 0 Å². The van der Waals surface area contributed by atoms with Crippen molar-refractivity contribution in [3.63, 3.8) is 0 Å². The van der Waals surface area contributed by atoms with Gasteiger partial charge in [-0.1, -0.05) is 48.5 Å². The van der Waals surface area contributed by atoms with E-state index < -0.39 is 6.16 Å². The van der Waals surface area contributed by atoms with Crippen LogP contribution in [0.2, 0.25) is 0 Å². The molecule has 0 spiro atoms. The Kier molecular flexibility index (Phi) is 7.34. The number of carboxylic acid groups (broad SMARTS) is 1. The number of carbonyl (C=O) groups is 1. The highest BCUT2D eigenvalue weighted by Crippen LogP contribution is 2.50. The SMILES string of the molecule is COc1ccc(-c2c(OC(=O)O)n(Cc3ccc4nsnc4c3)c3c2sc2ccccc23)c(OCc2ccccc2CO)c1. The van der Waals surface area contributed by atoms with E-state index in [1.54, 1.807) is 24.5 Å². The van der Waals surface area contributed by atoms with Crippen molar-refractivity contribution < 1.29 is 29.2 Å². The molecule has 220 valence electrons. The fraction of sp³-hybridized carbons (Fsp3) is 0.121. The molecule has 7 rings (SSSR count). The molecular formula is C33H25N3O6S2. The van der Waals surface area contributed by atoms with Gasteiger partial charge in [0.2, 0.25) is 5.88 Å². The molecule has 0 bridgehead atoms. The van der Waals surface area contributed by atoms with E-state index in [1.165, 1.54) is 0 Å². The van der Waals surface area contributed by atoms with Crippen molar-refractivity contribution >= 4 is 60.6 Å². The number of hydrogen-bond acceptors (Lipinski definition) is 9. The maximum absolute atomic E-state index is 12.2. The molecule has 0 fully saturated rings. The Morgan fingerprint density at radius 3 is 2.55 bits per heavy atom. The molecule has 0 saturated heterocycles. The third kappa shape index (κ3) is 5.00. The average molecular weight is 624 g/mol. The van der Waals surface area contributed by atoms with E-state index in [4.69, 9.17) is 14.2 Å². The Balaban J connectivity index is 1.45. The smallest absolute Gasteiger partial charge is 0.497 e. The number of rotatable bonds is 9. The van der Waals surface area contributed by atoms with Gasteiger partial charge in [-0.15, -0.1) is 11.3 Å². The third-order valence-electron chi connectivity index (χ3n) is 7.50. The fourth-order valence-corrected chi connectivity index (χ4v) is 7.23. The van der Waals surface area contributed by atoms with Gasteiger partial charge in [0.15, 0.2) is 0 Å². The van der Waals surface area contributed by atoms with Crippen LogP contribution >= 0.6 is 23.1 Å². The summed E-state index contributed by atoms with van der Waals surface area (Å²) < 4.78 is 30.1. The van der Waals surface area contributed by atoms with Crippen LogP contribution in [0.15, 0.2) is 84.9 Å². The van der Waals surface area contributed by atoms with Crippen LogP contribution in [0.1, 0.15) is 16.7 Å². The van der Waals surface area contributed by atoms with E-state index in [-0.39, 0.29) is 19.1 Å². The molecule has 4 aromatic carbocycles. The van der Waals surface area contributed by atoms with Crippen molar-refractivity contribution in [1.29, 1.82) is 0 Å². The molecule has 0 atom stereocenters. The molecule has 44 heavy (non-hydrogen) atoms. The number of fused-ring (bicyclic) bond motifs is 4. The summed E-state index contributed by atoms with van der Waals surface area (Å²) in [5, 5.41) is 20.8. The second-order valence-corrected chi connectivity index (χ2v) is 11.7. The quantitative estimate of drug-likeness (QED) is 0.157. The zero-order chi connectivity index (χ0) is 30.2. The highest BCUT2D eigenvalue weighted by Gasteiger charge is 2.28. The van der Waals surface area contributed by atoms with E-state index in [9.17, 15) is 15.0 Å². The molecular weight excluding hydrogens is 599 g/mol. The van der Waals surface area contributed by atoms with Gasteiger partial charge in [0.1, 0.15) is 29.1 Å². The molecule has 0 amide bonds. The van der Waals surface area contributed by atoms with Gasteiger partial charge in [-0.2, -0.15) is 8.75 Å². The molecule has 0 saturated carbocycles. The first-order valence-corrected chi connectivity index (χ1v) is 15.2. The monoisotopic (exact) mass is 623 g/mol. The molecule has 0 radical (unpaired) electrons. The lowest BCUT2D eigenvalue weighted by Gasteiger charge is -2.16. The molecule has 0 aliphatic rings. The topological polar surface area (TPSA) is 116 Å². The number of hydrogen-bond donors (Lipinski definition) is 2. The van der Waals surface area contributed by atoms with Crippen LogP contribution in [0.25, 0.3) is 42.5 Å². The zero-order valence-electron chi connectivity index (χ0n) is 23.4. The molecule has 3 heterocycles. The van der Waals surface area contributed by atoms with Crippen molar-refractivity contribution in [2.45, 2.75) is 19.8 Å². The first-order valence-electron chi connectivity index (χ1n) is 13.7. The predicted octanol–water partition coefficient (Wildman–Crippen LogP) is 7.71. The van der Waals surface area contributed by atoms with Gasteiger partial charge in [-0.05, 0) is 47.0 Å². The van der Waals surface area contributed by atoms with Gasteiger partial charge in [-0.3, -0.25) is 0 Å². The molecule has 9 nitrogen and oxygen atoms in total. The lowest BCUT2D eigenvalue weighted by atomic mass is 10.1. The maximum Gasteiger partial charge on any atom is 0.512 e. The van der Waals surface area contributed by atoms with Gasteiger partial charge in [0.05, 0.1) is 47.8 Å². The number of aliphatic hydroxyl groups excluding tert-OH is 1. The lowest BCUT2D eigenvalue weighted by Crippen LogP contribution is -2.10. The molecule has 11 heteroatoms. The van der Waals surface area contributed by atoms with Crippen LogP contribution < -0.4 is 14.2 Å². The standard InChI is InChI=1S/C33H25N3O6S2/c1-40-22-11-12-23(27(15-22)41-18-21-7-3-2-6-20(21)17-37)29-31-30(24-8-4-5-9-28(24)43-31)36(32(29)42-33(38)39)16-19-10-13-25-26(14-19)35-44-34-25/h2-15,37H,16-18H2,1H3,(H,38,39). The first-order chi connectivity index (χ1) is 21.5. The Labute approximate surface area is 259 Å². The summed E-state index contributed by atoms with van der Waals surface area (Å²) in [7, 11) is 1.58. The minimum Gasteiger partial charge on any atom is -0.497 e. The normalized spacial score (nSPS) is 11.4. The number of aromatic nitrogens is 3.